The number of aliphatic hydroxyl groups excluding tert-OH is 1. The van der Waals surface area contributed by atoms with Gasteiger partial charge in [0.25, 0.3) is 5.91 Å². The number of amides is 1. The van der Waals surface area contributed by atoms with Crippen molar-refractivity contribution in [3.63, 3.8) is 0 Å². The van der Waals surface area contributed by atoms with Gasteiger partial charge in [0.2, 0.25) is 0 Å². The summed E-state index contributed by atoms with van der Waals surface area (Å²) in [5, 5.41) is 11.8. The number of carbonyl (C=O) groups excluding carboxylic acids is 1. The van der Waals surface area contributed by atoms with Crippen molar-refractivity contribution in [2.24, 2.45) is 5.41 Å². The van der Waals surface area contributed by atoms with Crippen LogP contribution >= 0.6 is 0 Å². The summed E-state index contributed by atoms with van der Waals surface area (Å²) in [7, 11) is 0. The van der Waals surface area contributed by atoms with E-state index in [1.54, 1.807) is 0 Å². The largest absolute Gasteiger partial charge is 0.396 e. The molecule has 0 fully saturated rings. The average molecular weight is 238 g/mol. The number of carbonyl (C=O) groups is 1. The summed E-state index contributed by atoms with van der Waals surface area (Å²) in [5.74, 6) is -0.0529. The van der Waals surface area contributed by atoms with Crippen molar-refractivity contribution in [1.29, 1.82) is 0 Å². The monoisotopic (exact) mass is 238 g/mol. The van der Waals surface area contributed by atoms with Crippen molar-refractivity contribution in [2.75, 3.05) is 13.2 Å². The number of aliphatic hydroxyl groups is 1. The van der Waals surface area contributed by atoms with Crippen molar-refractivity contribution >= 4 is 5.91 Å². The van der Waals surface area contributed by atoms with E-state index in [1.165, 1.54) is 0 Å². The van der Waals surface area contributed by atoms with Gasteiger partial charge in [0.15, 0.2) is 0 Å². The maximum absolute atomic E-state index is 11.9. The van der Waals surface area contributed by atoms with Gasteiger partial charge in [-0.25, -0.2) is 0 Å². The Morgan fingerprint density at radius 3 is 2.82 bits per heavy atom. The van der Waals surface area contributed by atoms with Gasteiger partial charge in [-0.05, 0) is 30.9 Å². The number of aromatic nitrogens is 1. The first-order valence-electron chi connectivity index (χ1n) is 6.04. The SMILES string of the molecule is CCn1cccc1C(=O)NCC(C)(C)CCO. The summed E-state index contributed by atoms with van der Waals surface area (Å²) in [4.78, 5) is 11.9. The quantitative estimate of drug-likeness (QED) is 0.791. The number of rotatable bonds is 6. The van der Waals surface area contributed by atoms with E-state index in [0.717, 1.165) is 6.54 Å². The Morgan fingerprint density at radius 1 is 1.53 bits per heavy atom. The lowest BCUT2D eigenvalue weighted by Crippen LogP contribution is -2.35. The van der Waals surface area contributed by atoms with Crippen molar-refractivity contribution < 1.29 is 9.90 Å². The van der Waals surface area contributed by atoms with Gasteiger partial charge in [-0.3, -0.25) is 4.79 Å². The molecule has 0 radical (unpaired) electrons. The Kier molecular flexibility index (Phi) is 4.75. The summed E-state index contributed by atoms with van der Waals surface area (Å²) in [6.45, 7) is 7.57. The van der Waals surface area contributed by atoms with Gasteiger partial charge in [0.1, 0.15) is 5.69 Å². The molecule has 0 aromatic carbocycles. The summed E-state index contributed by atoms with van der Waals surface area (Å²) >= 11 is 0. The topological polar surface area (TPSA) is 54.3 Å². The Labute approximate surface area is 103 Å². The van der Waals surface area contributed by atoms with Crippen LogP contribution in [0.25, 0.3) is 0 Å². The van der Waals surface area contributed by atoms with Gasteiger partial charge >= 0.3 is 0 Å². The molecule has 0 aliphatic heterocycles. The third kappa shape index (κ3) is 3.89. The first-order valence-corrected chi connectivity index (χ1v) is 6.04. The third-order valence-corrected chi connectivity index (χ3v) is 2.92. The fourth-order valence-electron chi connectivity index (χ4n) is 1.70. The maximum Gasteiger partial charge on any atom is 0.267 e. The molecule has 0 bridgehead atoms. The highest BCUT2D eigenvalue weighted by Gasteiger charge is 2.19. The van der Waals surface area contributed by atoms with Crippen LogP contribution in [-0.4, -0.2) is 28.7 Å². The van der Waals surface area contributed by atoms with E-state index in [9.17, 15) is 4.79 Å². The lowest BCUT2D eigenvalue weighted by Gasteiger charge is -2.23. The molecule has 0 spiro atoms. The highest BCUT2D eigenvalue weighted by molar-refractivity contribution is 5.92. The average Bonchev–Trinajstić information content (AvgIpc) is 2.74. The second-order valence-electron chi connectivity index (χ2n) is 5.00. The molecule has 17 heavy (non-hydrogen) atoms. The van der Waals surface area contributed by atoms with Crippen LogP contribution in [-0.2, 0) is 6.54 Å². The highest BCUT2D eigenvalue weighted by atomic mass is 16.3. The Balaban J connectivity index is 2.56. The second-order valence-corrected chi connectivity index (χ2v) is 5.00. The van der Waals surface area contributed by atoms with E-state index in [4.69, 9.17) is 5.11 Å². The molecule has 0 unspecified atom stereocenters. The van der Waals surface area contributed by atoms with E-state index < -0.39 is 0 Å². The van der Waals surface area contributed by atoms with E-state index in [0.29, 0.717) is 18.7 Å². The van der Waals surface area contributed by atoms with Gasteiger partial charge in [0, 0.05) is 25.9 Å². The lowest BCUT2D eigenvalue weighted by atomic mass is 9.90. The maximum atomic E-state index is 11.9. The molecule has 1 aromatic rings. The molecule has 0 saturated carbocycles. The Bertz CT molecular complexity index is 369. The standard InChI is InChI=1S/C13H22N2O2/c1-4-15-8-5-6-11(15)12(17)14-10-13(2,3)7-9-16/h5-6,8,16H,4,7,9-10H2,1-3H3,(H,14,17). The van der Waals surface area contributed by atoms with E-state index in [2.05, 4.69) is 5.32 Å². The molecular weight excluding hydrogens is 216 g/mol. The van der Waals surface area contributed by atoms with E-state index >= 15 is 0 Å². The second kappa shape index (κ2) is 5.87. The van der Waals surface area contributed by atoms with Gasteiger partial charge in [-0.2, -0.15) is 0 Å². The molecule has 0 aliphatic carbocycles. The molecule has 0 aliphatic rings. The van der Waals surface area contributed by atoms with Crippen LogP contribution in [0.3, 0.4) is 0 Å². The van der Waals surface area contributed by atoms with E-state index in [-0.39, 0.29) is 17.9 Å². The summed E-state index contributed by atoms with van der Waals surface area (Å²) in [5.41, 5.74) is 0.612. The first kappa shape index (κ1) is 13.8. The van der Waals surface area contributed by atoms with Crippen LogP contribution in [0.2, 0.25) is 0 Å². The van der Waals surface area contributed by atoms with Crippen LogP contribution < -0.4 is 5.32 Å². The van der Waals surface area contributed by atoms with Gasteiger partial charge in [-0.1, -0.05) is 13.8 Å². The van der Waals surface area contributed by atoms with Crippen molar-refractivity contribution in [3.8, 4) is 0 Å². The fraction of sp³-hybridized carbons (Fsp3) is 0.615. The normalized spacial score (nSPS) is 11.5. The van der Waals surface area contributed by atoms with Crippen molar-refractivity contribution in [1.82, 2.24) is 9.88 Å². The molecule has 0 atom stereocenters. The highest BCUT2D eigenvalue weighted by Crippen LogP contribution is 2.18. The summed E-state index contributed by atoms with van der Waals surface area (Å²) in [6.07, 6.45) is 2.58. The molecule has 2 N–H and O–H groups in total. The molecule has 1 amide bonds. The van der Waals surface area contributed by atoms with Gasteiger partial charge < -0.3 is 15.0 Å². The predicted molar refractivity (Wildman–Crippen MR) is 67.9 cm³/mol. The van der Waals surface area contributed by atoms with Crippen molar-refractivity contribution in [2.45, 2.75) is 33.7 Å². The number of hydrogen-bond donors (Lipinski definition) is 2. The lowest BCUT2D eigenvalue weighted by molar-refractivity contribution is 0.0919. The van der Waals surface area contributed by atoms with Gasteiger partial charge in [-0.15, -0.1) is 0 Å². The van der Waals surface area contributed by atoms with Crippen LogP contribution in [0.5, 0.6) is 0 Å². The van der Waals surface area contributed by atoms with Gasteiger partial charge in [0.05, 0.1) is 0 Å². The summed E-state index contributed by atoms with van der Waals surface area (Å²) in [6, 6.07) is 3.69. The molecule has 1 heterocycles. The van der Waals surface area contributed by atoms with Crippen LogP contribution in [0.15, 0.2) is 18.3 Å². The minimum absolute atomic E-state index is 0.0529. The number of aryl methyl sites for hydroxylation is 1. The number of nitrogens with one attached hydrogen (secondary N) is 1. The minimum Gasteiger partial charge on any atom is -0.396 e. The third-order valence-electron chi connectivity index (χ3n) is 2.92. The Hall–Kier alpha value is -1.29. The fourth-order valence-corrected chi connectivity index (χ4v) is 1.70. The number of hydrogen-bond acceptors (Lipinski definition) is 2. The molecule has 0 saturated heterocycles. The Morgan fingerprint density at radius 2 is 2.24 bits per heavy atom. The molecular formula is C13H22N2O2. The minimum atomic E-state index is -0.0753. The molecule has 4 nitrogen and oxygen atoms in total. The smallest absolute Gasteiger partial charge is 0.267 e. The van der Waals surface area contributed by atoms with Crippen LogP contribution in [0.4, 0.5) is 0 Å². The zero-order chi connectivity index (χ0) is 12.9. The number of nitrogens with zero attached hydrogens (tertiary/aromatic N) is 1. The zero-order valence-corrected chi connectivity index (χ0v) is 10.9. The predicted octanol–water partition coefficient (Wildman–Crippen LogP) is 1.65. The van der Waals surface area contributed by atoms with Crippen molar-refractivity contribution in [3.05, 3.63) is 24.0 Å². The zero-order valence-electron chi connectivity index (χ0n) is 10.9. The molecule has 1 aromatic heterocycles. The molecule has 96 valence electrons. The summed E-state index contributed by atoms with van der Waals surface area (Å²) < 4.78 is 1.91. The van der Waals surface area contributed by atoms with E-state index in [1.807, 2.05) is 43.7 Å². The van der Waals surface area contributed by atoms with Crippen LogP contribution in [0, 0.1) is 5.41 Å². The first-order chi connectivity index (χ1) is 8.00. The molecule has 1 rings (SSSR count). The van der Waals surface area contributed by atoms with Crippen LogP contribution in [0.1, 0.15) is 37.7 Å². The molecule has 4 heteroatoms.